The number of nitrogens with zero attached hydrogens (tertiary/aromatic N) is 1. The van der Waals surface area contributed by atoms with Crippen LogP contribution in [0.2, 0.25) is 0 Å². The molecule has 2 rings (SSSR count). The van der Waals surface area contributed by atoms with Gasteiger partial charge in [-0.25, -0.2) is 4.39 Å². The van der Waals surface area contributed by atoms with E-state index in [2.05, 4.69) is 20.8 Å². The zero-order valence-corrected chi connectivity index (χ0v) is 12.5. The molecule has 1 fully saturated rings. The predicted octanol–water partition coefficient (Wildman–Crippen LogP) is 3.12. The predicted molar refractivity (Wildman–Crippen MR) is 74.2 cm³/mol. The minimum atomic E-state index is -0.267. The summed E-state index contributed by atoms with van der Waals surface area (Å²) in [5.41, 5.74) is 0.864. The second kappa shape index (κ2) is 6.48. The highest BCUT2D eigenvalue weighted by atomic mass is 79.9. The summed E-state index contributed by atoms with van der Waals surface area (Å²) in [7, 11) is 0. The molecule has 1 aromatic carbocycles. The number of rotatable bonds is 4. The van der Waals surface area contributed by atoms with Crippen molar-refractivity contribution >= 4 is 21.9 Å². The minimum Gasteiger partial charge on any atom is -0.465 e. The zero-order valence-electron chi connectivity index (χ0n) is 10.9. The molecule has 0 saturated carbocycles. The average molecular weight is 330 g/mol. The molecule has 0 spiro atoms. The first-order valence-electron chi connectivity index (χ1n) is 6.46. The highest BCUT2D eigenvalue weighted by Crippen LogP contribution is 2.23. The van der Waals surface area contributed by atoms with Gasteiger partial charge in [0.2, 0.25) is 0 Å². The van der Waals surface area contributed by atoms with E-state index in [1.54, 1.807) is 6.92 Å². The van der Waals surface area contributed by atoms with E-state index < -0.39 is 0 Å². The van der Waals surface area contributed by atoms with Crippen LogP contribution in [-0.4, -0.2) is 30.1 Å². The van der Waals surface area contributed by atoms with Gasteiger partial charge in [-0.1, -0.05) is 15.9 Å². The van der Waals surface area contributed by atoms with Gasteiger partial charge in [-0.3, -0.25) is 9.69 Å². The Morgan fingerprint density at radius 2 is 2.32 bits per heavy atom. The highest BCUT2D eigenvalue weighted by Gasteiger charge is 2.31. The number of likely N-dealkylation sites (tertiary alicyclic amines) is 1. The average Bonchev–Trinajstić information content (AvgIpc) is 2.76. The molecule has 0 aliphatic carbocycles. The molecule has 1 aliphatic heterocycles. The zero-order chi connectivity index (χ0) is 13.8. The standard InChI is InChI=1S/C14H17BrFNO2/c1-2-19-14(18)13-4-3-5-17(13)9-10-6-11(15)8-12(16)7-10/h6-8,13H,2-5,9H2,1H3. The van der Waals surface area contributed by atoms with E-state index in [9.17, 15) is 9.18 Å². The van der Waals surface area contributed by atoms with Crippen LogP contribution in [-0.2, 0) is 16.1 Å². The first-order chi connectivity index (χ1) is 9.10. The molecule has 104 valence electrons. The molecule has 3 nitrogen and oxygen atoms in total. The van der Waals surface area contributed by atoms with Gasteiger partial charge in [-0.15, -0.1) is 0 Å². The van der Waals surface area contributed by atoms with Crippen LogP contribution in [0.15, 0.2) is 22.7 Å². The molecule has 1 unspecified atom stereocenters. The van der Waals surface area contributed by atoms with E-state index in [4.69, 9.17) is 4.74 Å². The van der Waals surface area contributed by atoms with Crippen molar-refractivity contribution in [3.63, 3.8) is 0 Å². The lowest BCUT2D eigenvalue weighted by Gasteiger charge is -2.22. The van der Waals surface area contributed by atoms with E-state index in [0.717, 1.165) is 29.4 Å². The van der Waals surface area contributed by atoms with Crippen LogP contribution < -0.4 is 0 Å². The molecule has 19 heavy (non-hydrogen) atoms. The summed E-state index contributed by atoms with van der Waals surface area (Å²) < 4.78 is 19.1. The van der Waals surface area contributed by atoms with E-state index in [0.29, 0.717) is 13.2 Å². The van der Waals surface area contributed by atoms with Crippen LogP contribution in [0, 0.1) is 5.82 Å². The summed E-state index contributed by atoms with van der Waals surface area (Å²) in [6.07, 6.45) is 1.79. The number of benzene rings is 1. The first-order valence-corrected chi connectivity index (χ1v) is 7.25. The summed E-state index contributed by atoms with van der Waals surface area (Å²) in [5.74, 6) is -0.438. The number of hydrogen-bond acceptors (Lipinski definition) is 3. The molecule has 0 amide bonds. The van der Waals surface area contributed by atoms with Gasteiger partial charge in [0.15, 0.2) is 0 Å². The maximum absolute atomic E-state index is 13.3. The third kappa shape index (κ3) is 3.76. The van der Waals surface area contributed by atoms with Gasteiger partial charge in [0, 0.05) is 11.0 Å². The van der Waals surface area contributed by atoms with E-state index in [1.807, 2.05) is 6.07 Å². The Morgan fingerprint density at radius 1 is 1.53 bits per heavy atom. The SMILES string of the molecule is CCOC(=O)C1CCCN1Cc1cc(F)cc(Br)c1. The number of halogens is 2. The van der Waals surface area contributed by atoms with Gasteiger partial charge in [-0.2, -0.15) is 0 Å². The smallest absolute Gasteiger partial charge is 0.323 e. The van der Waals surface area contributed by atoms with Gasteiger partial charge in [0.25, 0.3) is 0 Å². The van der Waals surface area contributed by atoms with Gasteiger partial charge >= 0.3 is 5.97 Å². The fraction of sp³-hybridized carbons (Fsp3) is 0.500. The Bertz CT molecular complexity index is 447. The molecule has 1 saturated heterocycles. The third-order valence-corrected chi connectivity index (χ3v) is 3.69. The summed E-state index contributed by atoms with van der Waals surface area (Å²) in [4.78, 5) is 13.9. The molecule has 1 aliphatic rings. The first kappa shape index (κ1) is 14.5. The molecular weight excluding hydrogens is 313 g/mol. The maximum atomic E-state index is 13.3. The number of carbonyl (C=O) groups excluding carboxylic acids is 1. The summed E-state index contributed by atoms with van der Waals surface area (Å²) >= 11 is 3.28. The van der Waals surface area contributed by atoms with Crippen molar-refractivity contribution < 1.29 is 13.9 Å². The van der Waals surface area contributed by atoms with Gasteiger partial charge in [-0.05, 0) is 50.1 Å². The Balaban J connectivity index is 2.06. The molecule has 1 atom stereocenters. The molecule has 0 aromatic heterocycles. The summed E-state index contributed by atoms with van der Waals surface area (Å²) in [5, 5.41) is 0. The number of ether oxygens (including phenoxy) is 1. The van der Waals surface area contributed by atoms with Crippen molar-refractivity contribution in [1.82, 2.24) is 4.90 Å². The maximum Gasteiger partial charge on any atom is 0.323 e. The summed E-state index contributed by atoms with van der Waals surface area (Å²) in [6.45, 7) is 3.62. The van der Waals surface area contributed by atoms with E-state index in [1.165, 1.54) is 12.1 Å². The second-order valence-corrected chi connectivity index (χ2v) is 5.57. The van der Waals surface area contributed by atoms with Crippen molar-refractivity contribution in [2.75, 3.05) is 13.2 Å². The van der Waals surface area contributed by atoms with Crippen LogP contribution >= 0.6 is 15.9 Å². The monoisotopic (exact) mass is 329 g/mol. The quantitative estimate of drug-likeness (QED) is 0.795. The van der Waals surface area contributed by atoms with E-state index >= 15 is 0 Å². The number of hydrogen-bond donors (Lipinski definition) is 0. The Hall–Kier alpha value is -0.940. The van der Waals surface area contributed by atoms with Crippen molar-refractivity contribution in [2.24, 2.45) is 0 Å². The molecular formula is C14H17BrFNO2. The highest BCUT2D eigenvalue weighted by molar-refractivity contribution is 9.10. The fourth-order valence-corrected chi connectivity index (χ4v) is 2.97. The third-order valence-electron chi connectivity index (χ3n) is 3.23. The Kier molecular flexibility index (Phi) is 4.93. The molecule has 1 aromatic rings. The van der Waals surface area contributed by atoms with Crippen molar-refractivity contribution in [3.8, 4) is 0 Å². The van der Waals surface area contributed by atoms with Crippen LogP contribution in [0.5, 0.6) is 0 Å². The minimum absolute atomic E-state index is 0.171. The lowest BCUT2D eigenvalue weighted by atomic mass is 10.2. The summed E-state index contributed by atoms with van der Waals surface area (Å²) in [6, 6.07) is 4.62. The van der Waals surface area contributed by atoms with Gasteiger partial charge in [0.05, 0.1) is 6.61 Å². The Labute approximate surface area is 120 Å². The lowest BCUT2D eigenvalue weighted by molar-refractivity contribution is -0.148. The lowest BCUT2D eigenvalue weighted by Crippen LogP contribution is -2.36. The van der Waals surface area contributed by atoms with Crippen molar-refractivity contribution in [2.45, 2.75) is 32.4 Å². The van der Waals surface area contributed by atoms with Gasteiger partial charge in [0.1, 0.15) is 11.9 Å². The molecule has 0 bridgehead atoms. The van der Waals surface area contributed by atoms with Crippen LogP contribution in [0.25, 0.3) is 0 Å². The second-order valence-electron chi connectivity index (χ2n) is 4.66. The fourth-order valence-electron chi connectivity index (χ4n) is 2.46. The Morgan fingerprint density at radius 3 is 3.00 bits per heavy atom. The largest absolute Gasteiger partial charge is 0.465 e. The molecule has 1 heterocycles. The molecule has 0 N–H and O–H groups in total. The van der Waals surface area contributed by atoms with Crippen molar-refractivity contribution in [1.29, 1.82) is 0 Å². The van der Waals surface area contributed by atoms with Crippen LogP contribution in [0.4, 0.5) is 4.39 Å². The van der Waals surface area contributed by atoms with Gasteiger partial charge < -0.3 is 4.74 Å². The number of esters is 1. The molecule has 5 heteroatoms. The van der Waals surface area contributed by atoms with Crippen molar-refractivity contribution in [3.05, 3.63) is 34.1 Å². The van der Waals surface area contributed by atoms with Crippen LogP contribution in [0.3, 0.4) is 0 Å². The normalized spacial score (nSPS) is 19.6. The van der Waals surface area contributed by atoms with Crippen LogP contribution in [0.1, 0.15) is 25.3 Å². The number of carbonyl (C=O) groups is 1. The molecule has 0 radical (unpaired) electrons. The topological polar surface area (TPSA) is 29.5 Å². The van der Waals surface area contributed by atoms with E-state index in [-0.39, 0.29) is 17.8 Å².